The first-order valence-corrected chi connectivity index (χ1v) is 9.16. The number of anilines is 1. The highest BCUT2D eigenvalue weighted by atomic mass is 16.1. The van der Waals surface area contributed by atoms with Crippen LogP contribution in [0.3, 0.4) is 0 Å². The maximum absolute atomic E-state index is 13.0. The lowest BCUT2D eigenvalue weighted by Crippen LogP contribution is -2.40. The Morgan fingerprint density at radius 1 is 0.917 bits per heavy atom. The molecule has 2 atom stereocenters. The molecule has 0 aromatic heterocycles. The van der Waals surface area contributed by atoms with E-state index >= 15 is 0 Å². The third kappa shape index (κ3) is 4.05. The Balaban J connectivity index is 1.81. The van der Waals surface area contributed by atoms with Crippen LogP contribution >= 0.6 is 0 Å². The first kappa shape index (κ1) is 16.8. The Bertz CT molecular complexity index is 632. The van der Waals surface area contributed by atoms with Gasteiger partial charge >= 0.3 is 0 Å². The summed E-state index contributed by atoms with van der Waals surface area (Å²) in [6, 6.07) is 20.2. The minimum absolute atomic E-state index is 0.0318. The standard InChI is InChI=1S/C22H27NO/c1-17(22(24)19-13-7-3-8-14-19)21(18-11-5-2-6-12-18)23-20-15-9-4-10-16-20/h3-4,7-10,13-18,21,23H,2,5-6,11-12H2,1H3. The zero-order valence-corrected chi connectivity index (χ0v) is 14.4. The van der Waals surface area contributed by atoms with Crippen molar-refractivity contribution in [2.24, 2.45) is 11.8 Å². The van der Waals surface area contributed by atoms with E-state index in [4.69, 9.17) is 0 Å². The Morgan fingerprint density at radius 3 is 2.12 bits per heavy atom. The molecule has 0 spiro atoms. The molecular weight excluding hydrogens is 294 g/mol. The third-order valence-corrected chi connectivity index (χ3v) is 5.28. The van der Waals surface area contributed by atoms with Gasteiger partial charge in [-0.3, -0.25) is 4.79 Å². The Kier molecular flexibility index (Phi) is 5.68. The van der Waals surface area contributed by atoms with Crippen LogP contribution in [0, 0.1) is 11.8 Å². The topological polar surface area (TPSA) is 29.1 Å². The van der Waals surface area contributed by atoms with Gasteiger partial charge in [0.1, 0.15) is 0 Å². The second-order valence-electron chi connectivity index (χ2n) is 6.95. The summed E-state index contributed by atoms with van der Waals surface area (Å²) in [4.78, 5) is 13.0. The lowest BCUT2D eigenvalue weighted by Gasteiger charge is -2.35. The van der Waals surface area contributed by atoms with Gasteiger partial charge in [0.2, 0.25) is 0 Å². The summed E-state index contributed by atoms with van der Waals surface area (Å²) in [5.74, 6) is 0.784. The Morgan fingerprint density at radius 2 is 1.50 bits per heavy atom. The van der Waals surface area contributed by atoms with E-state index in [0.29, 0.717) is 5.92 Å². The fraction of sp³-hybridized carbons (Fsp3) is 0.409. The number of hydrogen-bond acceptors (Lipinski definition) is 2. The molecule has 0 saturated heterocycles. The van der Waals surface area contributed by atoms with Crippen LogP contribution in [0.4, 0.5) is 5.69 Å². The highest BCUT2D eigenvalue weighted by Crippen LogP contribution is 2.32. The molecule has 1 saturated carbocycles. The van der Waals surface area contributed by atoms with Crippen molar-refractivity contribution in [3.63, 3.8) is 0 Å². The largest absolute Gasteiger partial charge is 0.381 e. The van der Waals surface area contributed by atoms with Crippen molar-refractivity contribution >= 4 is 11.5 Å². The van der Waals surface area contributed by atoms with Crippen LogP contribution in [-0.2, 0) is 0 Å². The molecule has 1 fully saturated rings. The molecule has 0 amide bonds. The maximum Gasteiger partial charge on any atom is 0.167 e. The summed E-state index contributed by atoms with van der Waals surface area (Å²) in [6.45, 7) is 2.09. The maximum atomic E-state index is 13.0. The fourth-order valence-corrected chi connectivity index (χ4v) is 3.90. The van der Waals surface area contributed by atoms with Gasteiger partial charge in [0.15, 0.2) is 5.78 Å². The van der Waals surface area contributed by atoms with E-state index in [2.05, 4.69) is 24.4 Å². The molecule has 24 heavy (non-hydrogen) atoms. The van der Waals surface area contributed by atoms with E-state index in [1.165, 1.54) is 32.1 Å². The number of rotatable bonds is 6. The number of para-hydroxylation sites is 1. The minimum atomic E-state index is -0.0318. The summed E-state index contributed by atoms with van der Waals surface area (Å²) < 4.78 is 0. The van der Waals surface area contributed by atoms with Crippen LogP contribution in [0.2, 0.25) is 0 Å². The van der Waals surface area contributed by atoms with Crippen LogP contribution < -0.4 is 5.32 Å². The zero-order valence-electron chi connectivity index (χ0n) is 14.4. The van der Waals surface area contributed by atoms with Gasteiger partial charge in [0, 0.05) is 23.2 Å². The van der Waals surface area contributed by atoms with E-state index < -0.39 is 0 Å². The monoisotopic (exact) mass is 321 g/mol. The molecule has 2 aromatic rings. The molecular formula is C22H27NO. The highest BCUT2D eigenvalue weighted by molar-refractivity contribution is 5.98. The molecule has 0 radical (unpaired) electrons. The first-order chi connectivity index (χ1) is 11.8. The molecule has 3 rings (SSSR count). The second-order valence-corrected chi connectivity index (χ2v) is 6.95. The highest BCUT2D eigenvalue weighted by Gasteiger charge is 2.32. The van der Waals surface area contributed by atoms with Gasteiger partial charge in [-0.1, -0.05) is 74.7 Å². The van der Waals surface area contributed by atoms with Crippen molar-refractivity contribution in [3.8, 4) is 0 Å². The number of carbonyl (C=O) groups excluding carboxylic acids is 1. The van der Waals surface area contributed by atoms with Gasteiger partial charge in [-0.05, 0) is 30.9 Å². The number of ketones is 1. The van der Waals surface area contributed by atoms with Crippen molar-refractivity contribution in [1.29, 1.82) is 0 Å². The van der Waals surface area contributed by atoms with Crippen LogP contribution in [0.5, 0.6) is 0 Å². The van der Waals surface area contributed by atoms with Crippen LogP contribution in [0.25, 0.3) is 0 Å². The van der Waals surface area contributed by atoms with Crippen LogP contribution in [0.1, 0.15) is 49.4 Å². The molecule has 2 nitrogen and oxygen atoms in total. The van der Waals surface area contributed by atoms with Gasteiger partial charge in [-0.2, -0.15) is 0 Å². The molecule has 126 valence electrons. The normalized spacial score (nSPS) is 17.9. The predicted octanol–water partition coefficient (Wildman–Crippen LogP) is 5.57. The summed E-state index contributed by atoms with van der Waals surface area (Å²) in [7, 11) is 0. The third-order valence-electron chi connectivity index (χ3n) is 5.28. The Labute approximate surface area is 145 Å². The molecule has 1 aliphatic carbocycles. The van der Waals surface area contributed by atoms with E-state index in [1.807, 2.05) is 48.5 Å². The fourth-order valence-electron chi connectivity index (χ4n) is 3.90. The van der Waals surface area contributed by atoms with Gasteiger partial charge in [0.05, 0.1) is 0 Å². The van der Waals surface area contributed by atoms with E-state index in [1.54, 1.807) is 0 Å². The van der Waals surface area contributed by atoms with Gasteiger partial charge in [-0.25, -0.2) is 0 Å². The van der Waals surface area contributed by atoms with Gasteiger partial charge < -0.3 is 5.32 Å². The molecule has 0 heterocycles. The van der Waals surface area contributed by atoms with E-state index in [9.17, 15) is 4.79 Å². The molecule has 1 N–H and O–H groups in total. The first-order valence-electron chi connectivity index (χ1n) is 9.16. The number of hydrogen-bond donors (Lipinski definition) is 1. The number of nitrogens with one attached hydrogen (secondary N) is 1. The average molecular weight is 321 g/mol. The van der Waals surface area contributed by atoms with Crippen molar-refractivity contribution in [2.45, 2.75) is 45.1 Å². The van der Waals surface area contributed by atoms with Crippen molar-refractivity contribution in [1.82, 2.24) is 0 Å². The molecule has 0 bridgehead atoms. The van der Waals surface area contributed by atoms with Crippen LogP contribution in [-0.4, -0.2) is 11.8 Å². The Hall–Kier alpha value is -2.09. The molecule has 2 heteroatoms. The summed E-state index contributed by atoms with van der Waals surface area (Å²) in [6.07, 6.45) is 6.33. The summed E-state index contributed by atoms with van der Waals surface area (Å²) in [5.41, 5.74) is 1.93. The number of benzene rings is 2. The minimum Gasteiger partial charge on any atom is -0.381 e. The molecule has 0 aliphatic heterocycles. The summed E-state index contributed by atoms with van der Waals surface area (Å²) in [5, 5.41) is 3.68. The molecule has 2 aromatic carbocycles. The van der Waals surface area contributed by atoms with Gasteiger partial charge in [0.25, 0.3) is 0 Å². The van der Waals surface area contributed by atoms with Crippen LogP contribution in [0.15, 0.2) is 60.7 Å². The van der Waals surface area contributed by atoms with Gasteiger partial charge in [-0.15, -0.1) is 0 Å². The lowest BCUT2D eigenvalue weighted by molar-refractivity contribution is 0.0892. The van der Waals surface area contributed by atoms with E-state index in [0.717, 1.165) is 11.3 Å². The lowest BCUT2D eigenvalue weighted by atomic mass is 9.77. The SMILES string of the molecule is CC(C(=O)c1ccccc1)C(Nc1ccccc1)C1CCCCC1. The number of Topliss-reactive ketones (excluding diaryl/α,β-unsaturated/α-hetero) is 1. The average Bonchev–Trinajstić information content (AvgIpc) is 2.67. The van der Waals surface area contributed by atoms with Crippen molar-refractivity contribution < 1.29 is 4.79 Å². The second kappa shape index (κ2) is 8.14. The smallest absolute Gasteiger partial charge is 0.167 e. The quantitative estimate of drug-likeness (QED) is 0.705. The predicted molar refractivity (Wildman–Crippen MR) is 100 cm³/mol. The molecule has 2 unspecified atom stereocenters. The molecule has 1 aliphatic rings. The van der Waals surface area contributed by atoms with Crippen molar-refractivity contribution in [3.05, 3.63) is 66.2 Å². The number of carbonyl (C=O) groups is 1. The zero-order chi connectivity index (χ0) is 16.8. The summed E-state index contributed by atoms with van der Waals surface area (Å²) >= 11 is 0. The van der Waals surface area contributed by atoms with Crippen molar-refractivity contribution in [2.75, 3.05) is 5.32 Å². The van der Waals surface area contributed by atoms with E-state index in [-0.39, 0.29) is 17.7 Å².